The second kappa shape index (κ2) is 7.51. The van der Waals surface area contributed by atoms with Crippen molar-refractivity contribution in [1.29, 1.82) is 0 Å². The van der Waals surface area contributed by atoms with E-state index >= 15 is 0 Å². The maximum absolute atomic E-state index is 5.29. The maximum Gasteiger partial charge on any atom is 0.105 e. The maximum atomic E-state index is 5.29. The van der Waals surface area contributed by atoms with Gasteiger partial charge in [-0.2, -0.15) is 0 Å². The Kier molecular flexibility index (Phi) is 5.59. The minimum atomic E-state index is 0.774. The molecule has 1 aliphatic heterocycles. The van der Waals surface area contributed by atoms with E-state index in [9.17, 15) is 0 Å². The highest BCUT2D eigenvalue weighted by molar-refractivity contribution is 4.98. The Bertz CT molecular complexity index is 278. The van der Waals surface area contributed by atoms with Crippen molar-refractivity contribution in [2.45, 2.75) is 44.6 Å². The van der Waals surface area contributed by atoms with Crippen molar-refractivity contribution >= 4 is 0 Å². The summed E-state index contributed by atoms with van der Waals surface area (Å²) in [6.07, 6.45) is 9.45. The Morgan fingerprint density at radius 2 is 2.35 bits per heavy atom. The summed E-state index contributed by atoms with van der Waals surface area (Å²) < 4.78 is 5.29. The third-order valence-electron chi connectivity index (χ3n) is 3.45. The molecule has 2 rings (SSSR count). The fourth-order valence-electron chi connectivity index (χ4n) is 2.44. The summed E-state index contributed by atoms with van der Waals surface area (Å²) in [5, 5.41) is 7.07. The van der Waals surface area contributed by atoms with Crippen LogP contribution in [0.3, 0.4) is 0 Å². The molecule has 96 valence electrons. The third kappa shape index (κ3) is 4.92. The van der Waals surface area contributed by atoms with Crippen LogP contribution < -0.4 is 10.6 Å². The van der Waals surface area contributed by atoms with Crippen LogP contribution in [0.5, 0.6) is 0 Å². The molecule has 1 aliphatic rings. The highest BCUT2D eigenvalue weighted by Gasteiger charge is 2.11. The number of furan rings is 1. The van der Waals surface area contributed by atoms with E-state index in [1.54, 1.807) is 6.26 Å². The first kappa shape index (κ1) is 12.7. The molecule has 1 saturated heterocycles. The van der Waals surface area contributed by atoms with Gasteiger partial charge in [-0.05, 0) is 50.9 Å². The van der Waals surface area contributed by atoms with Crippen molar-refractivity contribution < 1.29 is 4.42 Å². The molecule has 0 amide bonds. The van der Waals surface area contributed by atoms with E-state index in [2.05, 4.69) is 10.6 Å². The van der Waals surface area contributed by atoms with Gasteiger partial charge in [0.05, 0.1) is 6.26 Å². The normalized spacial score (nSPS) is 20.6. The molecule has 0 aliphatic carbocycles. The molecule has 0 aromatic carbocycles. The molecule has 0 bridgehead atoms. The molecule has 1 aromatic heterocycles. The van der Waals surface area contributed by atoms with Gasteiger partial charge in [-0.15, -0.1) is 0 Å². The topological polar surface area (TPSA) is 37.2 Å². The lowest BCUT2D eigenvalue weighted by Gasteiger charge is -2.23. The number of hydrogen-bond acceptors (Lipinski definition) is 3. The van der Waals surface area contributed by atoms with Crippen molar-refractivity contribution in [2.24, 2.45) is 0 Å². The van der Waals surface area contributed by atoms with Gasteiger partial charge in [0.25, 0.3) is 0 Å². The first-order valence-electron chi connectivity index (χ1n) is 6.91. The molecule has 3 heteroatoms. The fourth-order valence-corrected chi connectivity index (χ4v) is 2.44. The molecule has 2 N–H and O–H groups in total. The van der Waals surface area contributed by atoms with Gasteiger partial charge >= 0.3 is 0 Å². The SMILES string of the molecule is c1coc(CCNCCCC2CCCCN2)c1. The lowest BCUT2D eigenvalue weighted by atomic mass is 10.0. The number of nitrogens with one attached hydrogen (secondary N) is 2. The average Bonchev–Trinajstić information content (AvgIpc) is 2.88. The van der Waals surface area contributed by atoms with Gasteiger partial charge in [0.1, 0.15) is 5.76 Å². The molecule has 1 atom stereocenters. The molecule has 1 aromatic rings. The van der Waals surface area contributed by atoms with Crippen LogP contribution in [0.4, 0.5) is 0 Å². The Morgan fingerprint density at radius 3 is 3.12 bits per heavy atom. The zero-order chi connectivity index (χ0) is 11.8. The second-order valence-corrected chi connectivity index (χ2v) is 4.87. The first-order chi connectivity index (χ1) is 8.45. The van der Waals surface area contributed by atoms with Gasteiger partial charge in [-0.1, -0.05) is 6.42 Å². The zero-order valence-electron chi connectivity index (χ0n) is 10.6. The minimum absolute atomic E-state index is 0.774. The van der Waals surface area contributed by atoms with E-state index in [-0.39, 0.29) is 0 Å². The summed E-state index contributed by atoms with van der Waals surface area (Å²) in [5.41, 5.74) is 0. The molecule has 17 heavy (non-hydrogen) atoms. The van der Waals surface area contributed by atoms with Gasteiger partial charge in [0.2, 0.25) is 0 Å². The molecule has 2 heterocycles. The van der Waals surface area contributed by atoms with E-state index < -0.39 is 0 Å². The molecule has 0 spiro atoms. The number of hydrogen-bond donors (Lipinski definition) is 2. The first-order valence-corrected chi connectivity index (χ1v) is 6.91. The Hall–Kier alpha value is -0.800. The summed E-state index contributed by atoms with van der Waals surface area (Å²) in [6, 6.07) is 4.76. The summed E-state index contributed by atoms with van der Waals surface area (Å²) in [6.45, 7) is 3.36. The second-order valence-electron chi connectivity index (χ2n) is 4.87. The molecule has 0 saturated carbocycles. The fraction of sp³-hybridized carbons (Fsp3) is 0.714. The van der Waals surface area contributed by atoms with E-state index in [0.29, 0.717) is 0 Å². The smallest absolute Gasteiger partial charge is 0.105 e. The zero-order valence-corrected chi connectivity index (χ0v) is 10.6. The van der Waals surface area contributed by atoms with Crippen molar-refractivity contribution in [3.8, 4) is 0 Å². The van der Waals surface area contributed by atoms with Gasteiger partial charge in [0, 0.05) is 19.0 Å². The van der Waals surface area contributed by atoms with Gasteiger partial charge in [-0.3, -0.25) is 0 Å². The van der Waals surface area contributed by atoms with Crippen LogP contribution in [0, 0.1) is 0 Å². The Labute approximate surface area is 104 Å². The predicted molar refractivity (Wildman–Crippen MR) is 70.2 cm³/mol. The van der Waals surface area contributed by atoms with Gasteiger partial charge in [-0.25, -0.2) is 0 Å². The van der Waals surface area contributed by atoms with E-state index in [1.165, 1.54) is 38.6 Å². The largest absolute Gasteiger partial charge is 0.469 e. The lowest BCUT2D eigenvalue weighted by molar-refractivity contribution is 0.373. The summed E-state index contributed by atoms with van der Waals surface area (Å²) >= 11 is 0. The van der Waals surface area contributed by atoms with Crippen molar-refractivity contribution in [1.82, 2.24) is 10.6 Å². The number of piperidine rings is 1. The van der Waals surface area contributed by atoms with E-state index in [0.717, 1.165) is 31.3 Å². The van der Waals surface area contributed by atoms with Crippen molar-refractivity contribution in [3.05, 3.63) is 24.2 Å². The molecule has 0 radical (unpaired) electrons. The van der Waals surface area contributed by atoms with Crippen LogP contribution in [0.2, 0.25) is 0 Å². The standard InChI is InChI=1S/C14H24N2O/c1-2-10-16-13(5-1)6-3-9-15-11-8-14-7-4-12-17-14/h4,7,12-13,15-16H,1-3,5-6,8-11H2. The molecule has 3 nitrogen and oxygen atoms in total. The Balaban J connectivity index is 1.43. The van der Waals surface area contributed by atoms with Crippen LogP contribution in [0.1, 0.15) is 37.9 Å². The summed E-state index contributed by atoms with van der Waals surface area (Å²) in [7, 11) is 0. The van der Waals surface area contributed by atoms with Crippen LogP contribution in [0.15, 0.2) is 22.8 Å². The van der Waals surface area contributed by atoms with Crippen LogP contribution in [-0.2, 0) is 6.42 Å². The average molecular weight is 236 g/mol. The van der Waals surface area contributed by atoms with Crippen LogP contribution in [-0.4, -0.2) is 25.7 Å². The van der Waals surface area contributed by atoms with Gasteiger partial charge in [0.15, 0.2) is 0 Å². The predicted octanol–water partition coefficient (Wildman–Crippen LogP) is 2.33. The number of rotatable bonds is 7. The molecular formula is C14H24N2O. The molecule has 1 fully saturated rings. The molecule has 1 unspecified atom stereocenters. The Morgan fingerprint density at radius 1 is 1.35 bits per heavy atom. The lowest BCUT2D eigenvalue weighted by Crippen LogP contribution is -2.34. The highest BCUT2D eigenvalue weighted by Crippen LogP contribution is 2.11. The quantitative estimate of drug-likeness (QED) is 0.714. The molecular weight excluding hydrogens is 212 g/mol. The third-order valence-corrected chi connectivity index (χ3v) is 3.45. The van der Waals surface area contributed by atoms with Crippen LogP contribution in [0.25, 0.3) is 0 Å². The van der Waals surface area contributed by atoms with Crippen molar-refractivity contribution in [2.75, 3.05) is 19.6 Å². The highest BCUT2D eigenvalue weighted by atomic mass is 16.3. The van der Waals surface area contributed by atoms with E-state index in [1.807, 2.05) is 12.1 Å². The van der Waals surface area contributed by atoms with Crippen molar-refractivity contribution in [3.63, 3.8) is 0 Å². The minimum Gasteiger partial charge on any atom is -0.469 e. The summed E-state index contributed by atoms with van der Waals surface area (Å²) in [4.78, 5) is 0. The monoisotopic (exact) mass is 236 g/mol. The summed E-state index contributed by atoms with van der Waals surface area (Å²) in [5.74, 6) is 1.08. The van der Waals surface area contributed by atoms with Crippen LogP contribution >= 0.6 is 0 Å². The van der Waals surface area contributed by atoms with Gasteiger partial charge < -0.3 is 15.1 Å². The van der Waals surface area contributed by atoms with E-state index in [4.69, 9.17) is 4.42 Å².